The van der Waals surface area contributed by atoms with Crippen LogP contribution in [0.2, 0.25) is 0 Å². The van der Waals surface area contributed by atoms with E-state index >= 15 is 0 Å². The van der Waals surface area contributed by atoms with E-state index in [2.05, 4.69) is 15.3 Å². The summed E-state index contributed by atoms with van der Waals surface area (Å²) in [5.41, 5.74) is 1.64. The van der Waals surface area contributed by atoms with Crippen LogP contribution in [0.25, 0.3) is 11.0 Å². The molecule has 1 aliphatic heterocycles. The fourth-order valence-corrected chi connectivity index (χ4v) is 4.93. The monoisotopic (exact) mass is 426 g/mol. The third-order valence-corrected chi connectivity index (χ3v) is 7.08. The largest absolute Gasteiger partial charge is 0.497 e. The lowest BCUT2D eigenvalue weighted by Gasteiger charge is -2.31. The number of ether oxygens (including phenoxy) is 1. The average molecular weight is 426 g/mol. The number of amides is 1. The second kappa shape index (κ2) is 8.37. The highest BCUT2D eigenvalue weighted by Crippen LogP contribution is 2.23. The summed E-state index contributed by atoms with van der Waals surface area (Å²) < 4.78 is 32.2. The van der Waals surface area contributed by atoms with Gasteiger partial charge < -0.3 is 10.1 Å². The van der Waals surface area contributed by atoms with Gasteiger partial charge in [-0.1, -0.05) is 12.1 Å². The number of piperidine rings is 1. The highest BCUT2D eigenvalue weighted by atomic mass is 32.2. The van der Waals surface area contributed by atoms with Crippen LogP contribution in [-0.4, -0.2) is 54.8 Å². The number of carbonyl (C=O) groups excluding carboxylic acids is 1. The van der Waals surface area contributed by atoms with Gasteiger partial charge in [-0.2, -0.15) is 4.31 Å². The Bertz CT molecular complexity index is 1160. The summed E-state index contributed by atoms with van der Waals surface area (Å²) in [4.78, 5) is 21.4. The van der Waals surface area contributed by atoms with E-state index in [9.17, 15) is 13.2 Å². The molecule has 156 valence electrons. The molecule has 1 saturated heterocycles. The van der Waals surface area contributed by atoms with Gasteiger partial charge in [0.15, 0.2) is 0 Å². The molecule has 0 saturated carbocycles. The van der Waals surface area contributed by atoms with E-state index in [1.54, 1.807) is 24.3 Å². The SMILES string of the molecule is COc1ccc(S(=O)(=O)N2CCC(NC(=O)c3cnc4ccccc4n3)CC2)cc1. The lowest BCUT2D eigenvalue weighted by atomic mass is 10.1. The second-order valence-electron chi connectivity index (χ2n) is 7.07. The van der Waals surface area contributed by atoms with Crippen LogP contribution in [0.15, 0.2) is 59.6 Å². The maximum atomic E-state index is 12.8. The molecule has 2 aromatic carbocycles. The molecule has 1 amide bonds. The Labute approximate surface area is 175 Å². The lowest BCUT2D eigenvalue weighted by molar-refractivity contribution is 0.0918. The van der Waals surface area contributed by atoms with Gasteiger partial charge in [-0.05, 0) is 49.2 Å². The minimum Gasteiger partial charge on any atom is -0.497 e. The van der Waals surface area contributed by atoms with Gasteiger partial charge in [-0.25, -0.2) is 13.4 Å². The number of para-hydroxylation sites is 2. The minimum atomic E-state index is -3.57. The normalized spacial score (nSPS) is 15.8. The van der Waals surface area contributed by atoms with Crippen LogP contribution < -0.4 is 10.1 Å². The molecule has 8 nitrogen and oxygen atoms in total. The summed E-state index contributed by atoms with van der Waals surface area (Å²) in [6.45, 7) is 0.672. The smallest absolute Gasteiger partial charge is 0.271 e. The number of sulfonamides is 1. The van der Waals surface area contributed by atoms with E-state index < -0.39 is 10.0 Å². The number of methoxy groups -OCH3 is 1. The molecule has 1 fully saturated rings. The summed E-state index contributed by atoms with van der Waals surface area (Å²) in [7, 11) is -2.04. The Morgan fingerprint density at radius 3 is 2.40 bits per heavy atom. The van der Waals surface area contributed by atoms with Crippen molar-refractivity contribution in [1.82, 2.24) is 19.6 Å². The molecule has 0 bridgehead atoms. The Balaban J connectivity index is 1.38. The van der Waals surface area contributed by atoms with Gasteiger partial charge in [0, 0.05) is 19.1 Å². The van der Waals surface area contributed by atoms with Crippen molar-refractivity contribution in [3.63, 3.8) is 0 Å². The van der Waals surface area contributed by atoms with E-state index in [-0.39, 0.29) is 22.5 Å². The maximum absolute atomic E-state index is 12.8. The van der Waals surface area contributed by atoms with Crippen molar-refractivity contribution < 1.29 is 17.9 Å². The molecule has 30 heavy (non-hydrogen) atoms. The molecule has 0 spiro atoms. The second-order valence-corrected chi connectivity index (χ2v) is 9.01. The fourth-order valence-electron chi connectivity index (χ4n) is 3.46. The van der Waals surface area contributed by atoms with Crippen molar-refractivity contribution >= 4 is 27.0 Å². The molecule has 9 heteroatoms. The van der Waals surface area contributed by atoms with Crippen molar-refractivity contribution in [3.8, 4) is 5.75 Å². The van der Waals surface area contributed by atoms with Gasteiger partial charge in [0.1, 0.15) is 11.4 Å². The Hall–Kier alpha value is -3.04. The number of rotatable bonds is 5. The van der Waals surface area contributed by atoms with E-state index in [4.69, 9.17) is 4.74 Å². The first kappa shape index (κ1) is 20.2. The van der Waals surface area contributed by atoms with Gasteiger partial charge in [-0.15, -0.1) is 0 Å². The van der Waals surface area contributed by atoms with Crippen LogP contribution in [0.5, 0.6) is 5.75 Å². The standard InChI is InChI=1S/C21H22N4O4S/c1-29-16-6-8-17(9-7-16)30(27,28)25-12-10-15(11-13-25)23-21(26)20-14-22-18-4-2-3-5-19(18)24-20/h2-9,14-15H,10-13H2,1H3,(H,23,26). The molecule has 4 rings (SSSR count). The van der Waals surface area contributed by atoms with Crippen molar-refractivity contribution in [2.45, 2.75) is 23.8 Å². The first-order valence-electron chi connectivity index (χ1n) is 9.64. The number of aromatic nitrogens is 2. The summed E-state index contributed by atoms with van der Waals surface area (Å²) in [6, 6.07) is 13.6. The third kappa shape index (κ3) is 4.12. The molecule has 0 atom stereocenters. The fraction of sp³-hybridized carbons (Fsp3) is 0.286. The Morgan fingerprint density at radius 2 is 1.73 bits per heavy atom. The highest BCUT2D eigenvalue weighted by molar-refractivity contribution is 7.89. The number of nitrogens with one attached hydrogen (secondary N) is 1. The number of nitrogens with zero attached hydrogens (tertiary/aromatic N) is 3. The molecule has 0 unspecified atom stereocenters. The molecule has 3 aromatic rings. The first-order chi connectivity index (χ1) is 14.5. The third-order valence-electron chi connectivity index (χ3n) is 5.17. The summed E-state index contributed by atoms with van der Waals surface area (Å²) >= 11 is 0. The molecular formula is C21H22N4O4S. The quantitative estimate of drug-likeness (QED) is 0.671. The molecule has 2 heterocycles. The lowest BCUT2D eigenvalue weighted by Crippen LogP contribution is -2.46. The summed E-state index contributed by atoms with van der Waals surface area (Å²) in [5, 5.41) is 2.95. The van der Waals surface area contributed by atoms with E-state index in [0.717, 1.165) is 5.52 Å². The number of benzene rings is 2. The van der Waals surface area contributed by atoms with Gasteiger partial charge in [0.05, 0.1) is 29.2 Å². The van der Waals surface area contributed by atoms with E-state index in [1.807, 2.05) is 24.3 Å². The van der Waals surface area contributed by atoms with Crippen molar-refractivity contribution in [2.75, 3.05) is 20.2 Å². The number of hydrogen-bond acceptors (Lipinski definition) is 6. The van der Waals surface area contributed by atoms with Crippen molar-refractivity contribution in [2.24, 2.45) is 0 Å². The zero-order valence-corrected chi connectivity index (χ0v) is 17.3. The highest BCUT2D eigenvalue weighted by Gasteiger charge is 2.30. The van der Waals surface area contributed by atoms with Gasteiger partial charge >= 0.3 is 0 Å². The molecule has 1 aromatic heterocycles. The maximum Gasteiger partial charge on any atom is 0.271 e. The van der Waals surface area contributed by atoms with Crippen molar-refractivity contribution in [3.05, 3.63) is 60.4 Å². The summed E-state index contributed by atoms with van der Waals surface area (Å²) in [5.74, 6) is 0.303. The Kier molecular flexibility index (Phi) is 5.65. The van der Waals surface area contributed by atoms with Gasteiger partial charge in [-0.3, -0.25) is 9.78 Å². The predicted octanol–water partition coefficient (Wildman–Crippen LogP) is 2.22. The number of hydrogen-bond donors (Lipinski definition) is 1. The van der Waals surface area contributed by atoms with Crippen LogP contribution in [-0.2, 0) is 10.0 Å². The van der Waals surface area contributed by atoms with Crippen molar-refractivity contribution in [1.29, 1.82) is 0 Å². The minimum absolute atomic E-state index is 0.118. The van der Waals surface area contributed by atoms with E-state index in [1.165, 1.54) is 17.6 Å². The molecule has 1 N–H and O–H groups in total. The number of carbonyl (C=O) groups is 1. The first-order valence-corrected chi connectivity index (χ1v) is 11.1. The van der Waals surface area contributed by atoms with Crippen LogP contribution in [0, 0.1) is 0 Å². The topological polar surface area (TPSA) is 101 Å². The number of fused-ring (bicyclic) bond motifs is 1. The van der Waals surface area contributed by atoms with Crippen LogP contribution in [0.3, 0.4) is 0 Å². The van der Waals surface area contributed by atoms with Crippen LogP contribution in [0.4, 0.5) is 0 Å². The summed E-state index contributed by atoms with van der Waals surface area (Å²) in [6.07, 6.45) is 2.52. The predicted molar refractivity (Wildman–Crippen MR) is 112 cm³/mol. The van der Waals surface area contributed by atoms with Crippen LogP contribution in [0.1, 0.15) is 23.3 Å². The van der Waals surface area contributed by atoms with Gasteiger partial charge in [0.25, 0.3) is 5.91 Å². The zero-order chi connectivity index (χ0) is 21.1. The molecule has 1 aliphatic rings. The molecule has 0 radical (unpaired) electrons. The van der Waals surface area contributed by atoms with E-state index in [0.29, 0.717) is 37.2 Å². The average Bonchev–Trinajstić information content (AvgIpc) is 2.79. The Morgan fingerprint density at radius 1 is 1.07 bits per heavy atom. The molecular weight excluding hydrogens is 404 g/mol. The van der Waals surface area contributed by atoms with Crippen LogP contribution >= 0.6 is 0 Å². The van der Waals surface area contributed by atoms with Gasteiger partial charge in [0.2, 0.25) is 10.0 Å². The molecule has 0 aliphatic carbocycles. The zero-order valence-electron chi connectivity index (χ0n) is 16.5.